The number of aryl methyl sites for hydroxylation is 1. The first-order valence-electron chi connectivity index (χ1n) is 15.3. The van der Waals surface area contributed by atoms with Gasteiger partial charge in [-0.15, -0.1) is 0 Å². The quantitative estimate of drug-likeness (QED) is 0.340. The minimum absolute atomic E-state index is 0.0442. The molecule has 4 aromatic rings. The van der Waals surface area contributed by atoms with E-state index in [-0.39, 0.29) is 31.3 Å². The summed E-state index contributed by atoms with van der Waals surface area (Å²) in [6.07, 6.45) is 2.75. The van der Waals surface area contributed by atoms with Gasteiger partial charge >= 0.3 is 0 Å². The van der Waals surface area contributed by atoms with Crippen molar-refractivity contribution in [2.45, 2.75) is 37.8 Å². The minimum atomic E-state index is -1.26. The highest BCUT2D eigenvalue weighted by Crippen LogP contribution is 2.30. The first-order chi connectivity index (χ1) is 21.9. The van der Waals surface area contributed by atoms with Crippen LogP contribution in [0.4, 0.5) is 4.39 Å². The van der Waals surface area contributed by atoms with Crippen LogP contribution in [0, 0.1) is 5.82 Å². The van der Waals surface area contributed by atoms with E-state index in [0.717, 1.165) is 34.4 Å². The van der Waals surface area contributed by atoms with Crippen LogP contribution in [0.15, 0.2) is 95.8 Å². The van der Waals surface area contributed by atoms with E-state index in [0.29, 0.717) is 38.2 Å². The molecule has 45 heavy (non-hydrogen) atoms. The molecule has 1 aromatic heterocycles. The third kappa shape index (κ3) is 6.81. The Balaban J connectivity index is 1.29. The molecule has 0 N–H and O–H groups in total. The molecule has 0 radical (unpaired) electrons. The highest BCUT2D eigenvalue weighted by molar-refractivity contribution is 5.93. The second-order valence-electron chi connectivity index (χ2n) is 11.4. The van der Waals surface area contributed by atoms with Crippen molar-refractivity contribution in [1.29, 1.82) is 0 Å². The van der Waals surface area contributed by atoms with Crippen LogP contribution >= 0.6 is 0 Å². The summed E-state index contributed by atoms with van der Waals surface area (Å²) in [5.41, 5.74) is 0.770. The van der Waals surface area contributed by atoms with Gasteiger partial charge < -0.3 is 19.3 Å². The van der Waals surface area contributed by atoms with Crippen molar-refractivity contribution in [2.24, 2.45) is 0 Å². The average molecular weight is 611 g/mol. The number of hydrogen-bond donors (Lipinski definition) is 0. The number of aromatic nitrogens is 2. The Labute approximate surface area is 260 Å². The van der Waals surface area contributed by atoms with Gasteiger partial charge in [0.2, 0.25) is 0 Å². The predicted octanol–water partition coefficient (Wildman–Crippen LogP) is 4.42. The van der Waals surface area contributed by atoms with Crippen LogP contribution in [0.25, 0.3) is 5.69 Å². The van der Waals surface area contributed by atoms with Crippen LogP contribution in [0.3, 0.4) is 0 Å². The molecule has 3 heterocycles. The maximum absolute atomic E-state index is 14.5. The Kier molecular flexibility index (Phi) is 9.02. The zero-order chi connectivity index (χ0) is 31.2. The number of carbonyl (C=O) groups is 2. The molecule has 0 aliphatic carbocycles. The van der Waals surface area contributed by atoms with Crippen molar-refractivity contribution < 1.29 is 23.5 Å². The summed E-state index contributed by atoms with van der Waals surface area (Å²) in [6.45, 7) is 1.50. The molecule has 9 nitrogen and oxygen atoms in total. The normalized spacial score (nSPS) is 19.3. The molecule has 1 unspecified atom stereocenters. The molecular weight excluding hydrogens is 575 g/mol. The van der Waals surface area contributed by atoms with Crippen molar-refractivity contribution >= 4 is 11.8 Å². The predicted molar refractivity (Wildman–Crippen MR) is 166 cm³/mol. The molecule has 0 bridgehead atoms. The van der Waals surface area contributed by atoms with Gasteiger partial charge in [0.1, 0.15) is 23.9 Å². The van der Waals surface area contributed by atoms with Crippen LogP contribution in [0.5, 0.6) is 5.75 Å². The highest BCUT2D eigenvalue weighted by atomic mass is 19.1. The molecule has 6 rings (SSSR count). The summed E-state index contributed by atoms with van der Waals surface area (Å²) >= 11 is 0. The molecule has 2 amide bonds. The zero-order valence-corrected chi connectivity index (χ0v) is 24.9. The van der Waals surface area contributed by atoms with E-state index in [9.17, 15) is 18.8 Å². The lowest BCUT2D eigenvalue weighted by atomic mass is 9.90. The Bertz CT molecular complexity index is 1710. The second kappa shape index (κ2) is 13.4. The lowest BCUT2D eigenvalue weighted by molar-refractivity contribution is -0.171. The van der Waals surface area contributed by atoms with Crippen molar-refractivity contribution in [3.63, 3.8) is 0 Å². The lowest BCUT2D eigenvalue weighted by Crippen LogP contribution is -2.62. The highest BCUT2D eigenvalue weighted by Gasteiger charge is 2.47. The van der Waals surface area contributed by atoms with E-state index in [1.165, 1.54) is 36.4 Å². The van der Waals surface area contributed by atoms with Gasteiger partial charge in [-0.25, -0.2) is 4.39 Å². The lowest BCUT2D eigenvalue weighted by Gasteiger charge is -2.44. The summed E-state index contributed by atoms with van der Waals surface area (Å²) in [4.78, 5) is 44.3. The Hall–Kier alpha value is -4.83. The molecule has 1 saturated heterocycles. The maximum Gasteiger partial charge on any atom is 0.274 e. The molecule has 0 saturated carbocycles. The fraction of sp³-hybridized carbons (Fsp3) is 0.314. The average Bonchev–Trinajstić information content (AvgIpc) is 3.07. The van der Waals surface area contributed by atoms with Gasteiger partial charge in [0.25, 0.3) is 17.4 Å². The Morgan fingerprint density at radius 3 is 2.47 bits per heavy atom. The summed E-state index contributed by atoms with van der Waals surface area (Å²) in [7, 11) is 0. The molecule has 232 valence electrons. The molecular formula is C35H35FN4O5. The molecule has 1 spiro atoms. The van der Waals surface area contributed by atoms with E-state index >= 15 is 0 Å². The fourth-order valence-corrected chi connectivity index (χ4v) is 5.99. The number of ether oxygens (including phenoxy) is 2. The number of rotatable bonds is 4. The smallest absolute Gasteiger partial charge is 0.274 e. The molecule has 10 heteroatoms. The summed E-state index contributed by atoms with van der Waals surface area (Å²) < 4.78 is 27.1. The number of benzene rings is 3. The van der Waals surface area contributed by atoms with Gasteiger partial charge in [-0.3, -0.25) is 14.4 Å². The molecule has 3 aromatic carbocycles. The molecule has 1 fully saturated rings. The maximum atomic E-state index is 14.5. The number of amides is 2. The largest absolute Gasteiger partial charge is 0.491 e. The third-order valence-electron chi connectivity index (χ3n) is 8.32. The zero-order valence-electron chi connectivity index (χ0n) is 24.9. The summed E-state index contributed by atoms with van der Waals surface area (Å²) in [5, 5.41) is 4.31. The minimum Gasteiger partial charge on any atom is -0.491 e. The number of hydrogen-bond acceptors (Lipinski definition) is 6. The van der Waals surface area contributed by atoms with E-state index in [1.807, 2.05) is 48.5 Å². The molecule has 2 aliphatic heterocycles. The van der Waals surface area contributed by atoms with E-state index in [2.05, 4.69) is 11.2 Å². The molecule has 2 aliphatic rings. The van der Waals surface area contributed by atoms with Crippen molar-refractivity contribution in [2.75, 3.05) is 32.8 Å². The number of halogens is 1. The van der Waals surface area contributed by atoms with Crippen LogP contribution in [0.1, 0.15) is 40.9 Å². The van der Waals surface area contributed by atoms with Crippen molar-refractivity contribution in [1.82, 2.24) is 19.6 Å². The Morgan fingerprint density at radius 1 is 0.867 bits per heavy atom. The van der Waals surface area contributed by atoms with Gasteiger partial charge in [0.05, 0.1) is 25.4 Å². The van der Waals surface area contributed by atoms with Crippen LogP contribution < -0.4 is 10.3 Å². The van der Waals surface area contributed by atoms with Gasteiger partial charge in [0.15, 0.2) is 5.60 Å². The topological polar surface area (TPSA) is 94.0 Å². The number of nitrogens with zero attached hydrogens (tertiary/aromatic N) is 4. The van der Waals surface area contributed by atoms with E-state index in [4.69, 9.17) is 9.47 Å². The van der Waals surface area contributed by atoms with Crippen molar-refractivity contribution in [3.8, 4) is 11.4 Å². The number of para-hydroxylation sites is 1. The van der Waals surface area contributed by atoms with Gasteiger partial charge in [-0.05, 0) is 73.2 Å². The van der Waals surface area contributed by atoms with E-state index in [1.54, 1.807) is 9.80 Å². The number of fused-ring (bicyclic) bond motifs is 1. The first kappa shape index (κ1) is 30.2. The van der Waals surface area contributed by atoms with Crippen LogP contribution in [0.2, 0.25) is 0 Å². The van der Waals surface area contributed by atoms with Crippen LogP contribution in [-0.4, -0.2) is 69.8 Å². The summed E-state index contributed by atoms with van der Waals surface area (Å²) in [5.74, 6) is -0.221. The van der Waals surface area contributed by atoms with Gasteiger partial charge in [0, 0.05) is 19.2 Å². The molecule has 1 atom stereocenters. The number of carbonyl (C=O) groups excluding carboxylic acids is 2. The van der Waals surface area contributed by atoms with Crippen LogP contribution in [-0.2, 0) is 22.5 Å². The van der Waals surface area contributed by atoms with Crippen molar-refractivity contribution in [3.05, 3.63) is 124 Å². The van der Waals surface area contributed by atoms with Gasteiger partial charge in [-0.2, -0.15) is 9.78 Å². The van der Waals surface area contributed by atoms with Gasteiger partial charge in [-0.1, -0.05) is 48.5 Å². The SMILES string of the molecule is O=C(c1ccc(=O)n(-c2ccc(F)cc2)n1)N1CCOC2(CCCCc3ccccc3OCCN(Cc3ccccc3)C2=O)C1. The first-order valence-corrected chi connectivity index (χ1v) is 15.3. The third-order valence-corrected chi connectivity index (χ3v) is 8.32. The standard InChI is InChI=1S/C35H35FN4O5/c36-28-13-15-29(16-14-28)40-32(41)18-17-30(37-40)33(42)39-21-23-45-35(25-39)19-7-6-11-27-10-4-5-12-31(27)44-22-20-38(34(35)43)24-26-8-2-1-3-9-26/h1-5,8-10,12-18H,6-7,11,19-25H2. The second-order valence-corrected chi connectivity index (χ2v) is 11.4. The fourth-order valence-electron chi connectivity index (χ4n) is 5.99. The monoisotopic (exact) mass is 610 g/mol. The Morgan fingerprint density at radius 2 is 1.64 bits per heavy atom. The van der Waals surface area contributed by atoms with E-state index < -0.39 is 22.9 Å². The summed E-state index contributed by atoms with van der Waals surface area (Å²) in [6, 6.07) is 25.7. The number of morpholine rings is 1.